The molecule has 1 aliphatic rings. The molecule has 2 aromatic heterocycles. The van der Waals surface area contributed by atoms with E-state index in [2.05, 4.69) is 9.97 Å². The summed E-state index contributed by atoms with van der Waals surface area (Å²) < 4.78 is 26.8. The first-order chi connectivity index (χ1) is 12.4. The molecule has 2 aromatic rings. The highest BCUT2D eigenvalue weighted by molar-refractivity contribution is 7.99. The molecule has 0 unspecified atom stereocenters. The molecule has 0 spiro atoms. The maximum absolute atomic E-state index is 12.5. The molecular formula is C16H20N4O3S3. The third kappa shape index (κ3) is 4.43. The Morgan fingerprint density at radius 3 is 2.42 bits per heavy atom. The van der Waals surface area contributed by atoms with Crippen LogP contribution in [0.25, 0.3) is 0 Å². The molecule has 1 saturated heterocycles. The van der Waals surface area contributed by atoms with Gasteiger partial charge in [-0.15, -0.1) is 11.3 Å². The van der Waals surface area contributed by atoms with E-state index in [1.54, 1.807) is 22.4 Å². The summed E-state index contributed by atoms with van der Waals surface area (Å²) >= 11 is 2.52. The average Bonchev–Trinajstić information content (AvgIpc) is 3.14. The second-order valence-corrected chi connectivity index (χ2v) is 9.99. The van der Waals surface area contributed by atoms with E-state index in [-0.39, 0.29) is 11.7 Å². The first kappa shape index (κ1) is 19.3. The summed E-state index contributed by atoms with van der Waals surface area (Å²) in [6.45, 7) is 5.23. The van der Waals surface area contributed by atoms with E-state index in [9.17, 15) is 13.2 Å². The van der Waals surface area contributed by atoms with E-state index < -0.39 is 10.0 Å². The van der Waals surface area contributed by atoms with Gasteiger partial charge in [0, 0.05) is 37.6 Å². The van der Waals surface area contributed by atoms with Crippen molar-refractivity contribution in [2.24, 2.45) is 0 Å². The highest BCUT2D eigenvalue weighted by Crippen LogP contribution is 2.22. The van der Waals surface area contributed by atoms with Gasteiger partial charge in [0.2, 0.25) is 5.91 Å². The fourth-order valence-corrected chi connectivity index (χ4v) is 6.11. The summed E-state index contributed by atoms with van der Waals surface area (Å²) in [5.74, 6) is 0.228. The molecule has 1 fully saturated rings. The molecule has 0 radical (unpaired) electrons. The SMILES string of the molecule is Cc1cc(C)nc(SCC(=O)N2CCN(S(=O)(=O)c3cccs3)CC2)n1. The Morgan fingerprint density at radius 1 is 1.19 bits per heavy atom. The van der Waals surface area contributed by atoms with Gasteiger partial charge < -0.3 is 4.90 Å². The third-order valence-electron chi connectivity index (χ3n) is 3.97. The van der Waals surface area contributed by atoms with Crippen molar-refractivity contribution in [3.63, 3.8) is 0 Å². The smallest absolute Gasteiger partial charge is 0.252 e. The molecule has 0 atom stereocenters. The summed E-state index contributed by atoms with van der Waals surface area (Å²) in [5.41, 5.74) is 1.75. The van der Waals surface area contributed by atoms with Gasteiger partial charge in [-0.05, 0) is 31.4 Å². The van der Waals surface area contributed by atoms with E-state index >= 15 is 0 Å². The van der Waals surface area contributed by atoms with Crippen LogP contribution in [0, 0.1) is 13.8 Å². The summed E-state index contributed by atoms with van der Waals surface area (Å²) in [6.07, 6.45) is 0. The minimum absolute atomic E-state index is 0.0223. The van der Waals surface area contributed by atoms with Crippen LogP contribution < -0.4 is 0 Å². The number of rotatable bonds is 5. The first-order valence-electron chi connectivity index (χ1n) is 8.13. The van der Waals surface area contributed by atoms with Crippen LogP contribution in [-0.4, -0.2) is 65.4 Å². The Hall–Kier alpha value is -1.49. The summed E-state index contributed by atoms with van der Waals surface area (Å²) in [4.78, 5) is 22.8. The molecule has 1 aliphatic heterocycles. The summed E-state index contributed by atoms with van der Waals surface area (Å²) in [6, 6.07) is 5.22. The third-order valence-corrected chi connectivity index (χ3v) is 8.07. The number of aryl methyl sites for hydroxylation is 2. The Bertz CT molecular complexity index is 856. The predicted molar refractivity (Wildman–Crippen MR) is 102 cm³/mol. The van der Waals surface area contributed by atoms with Gasteiger partial charge in [0.05, 0.1) is 5.75 Å². The second kappa shape index (κ2) is 8.03. The number of amides is 1. The Morgan fingerprint density at radius 2 is 1.85 bits per heavy atom. The van der Waals surface area contributed by atoms with Crippen LogP contribution in [0.2, 0.25) is 0 Å². The normalized spacial score (nSPS) is 16.0. The van der Waals surface area contributed by atoms with E-state index in [0.29, 0.717) is 35.5 Å². The first-order valence-corrected chi connectivity index (χ1v) is 11.4. The van der Waals surface area contributed by atoms with E-state index in [1.165, 1.54) is 27.4 Å². The van der Waals surface area contributed by atoms with E-state index in [0.717, 1.165) is 11.4 Å². The molecule has 7 nitrogen and oxygen atoms in total. The standard InChI is InChI=1S/C16H20N4O3S3/c1-12-10-13(2)18-16(17-12)25-11-14(21)19-5-7-20(8-6-19)26(22,23)15-4-3-9-24-15/h3-4,9-10H,5-8,11H2,1-2H3. The molecule has 1 amide bonds. The molecule has 0 aliphatic carbocycles. The Labute approximate surface area is 161 Å². The second-order valence-electron chi connectivity index (χ2n) is 5.94. The van der Waals surface area contributed by atoms with Gasteiger partial charge in [-0.3, -0.25) is 4.79 Å². The minimum atomic E-state index is -3.44. The van der Waals surface area contributed by atoms with Gasteiger partial charge in [-0.2, -0.15) is 4.31 Å². The maximum Gasteiger partial charge on any atom is 0.252 e. The Balaban J connectivity index is 1.54. The molecule has 140 valence electrons. The number of sulfonamides is 1. The molecule has 0 bridgehead atoms. The van der Waals surface area contributed by atoms with Crippen LogP contribution in [0.4, 0.5) is 0 Å². The molecule has 0 saturated carbocycles. The molecular weight excluding hydrogens is 392 g/mol. The van der Waals surface area contributed by atoms with Crippen molar-refractivity contribution >= 4 is 39.0 Å². The zero-order valence-corrected chi connectivity index (χ0v) is 17.0. The van der Waals surface area contributed by atoms with Crippen molar-refractivity contribution in [3.8, 4) is 0 Å². The van der Waals surface area contributed by atoms with Gasteiger partial charge in [-0.25, -0.2) is 18.4 Å². The lowest BCUT2D eigenvalue weighted by atomic mass is 10.3. The molecule has 3 rings (SSSR count). The van der Waals surface area contributed by atoms with Crippen LogP contribution in [0.15, 0.2) is 32.9 Å². The zero-order valence-electron chi connectivity index (χ0n) is 14.6. The minimum Gasteiger partial charge on any atom is -0.339 e. The fraction of sp³-hybridized carbons (Fsp3) is 0.438. The van der Waals surface area contributed by atoms with Gasteiger partial charge in [-0.1, -0.05) is 17.8 Å². The van der Waals surface area contributed by atoms with Crippen molar-refractivity contribution in [3.05, 3.63) is 35.0 Å². The number of nitrogens with zero attached hydrogens (tertiary/aromatic N) is 4. The lowest BCUT2D eigenvalue weighted by Crippen LogP contribution is -2.50. The largest absolute Gasteiger partial charge is 0.339 e. The number of thioether (sulfide) groups is 1. The number of carbonyl (C=O) groups excluding carboxylic acids is 1. The van der Waals surface area contributed by atoms with Crippen molar-refractivity contribution in [1.82, 2.24) is 19.2 Å². The Kier molecular flexibility index (Phi) is 5.96. The lowest BCUT2D eigenvalue weighted by Gasteiger charge is -2.33. The molecule has 26 heavy (non-hydrogen) atoms. The van der Waals surface area contributed by atoms with Crippen LogP contribution >= 0.6 is 23.1 Å². The van der Waals surface area contributed by atoms with Crippen LogP contribution in [-0.2, 0) is 14.8 Å². The van der Waals surface area contributed by atoms with Gasteiger partial charge in [0.15, 0.2) is 5.16 Å². The van der Waals surface area contributed by atoms with Gasteiger partial charge in [0.25, 0.3) is 10.0 Å². The van der Waals surface area contributed by atoms with Crippen molar-refractivity contribution < 1.29 is 13.2 Å². The molecule has 0 aromatic carbocycles. The van der Waals surface area contributed by atoms with Crippen LogP contribution in [0.3, 0.4) is 0 Å². The molecule has 3 heterocycles. The van der Waals surface area contributed by atoms with E-state index in [4.69, 9.17) is 0 Å². The monoisotopic (exact) mass is 412 g/mol. The van der Waals surface area contributed by atoms with Crippen molar-refractivity contribution in [2.75, 3.05) is 31.9 Å². The highest BCUT2D eigenvalue weighted by atomic mass is 32.2. The fourth-order valence-electron chi connectivity index (χ4n) is 2.69. The number of hydrogen-bond acceptors (Lipinski definition) is 7. The van der Waals surface area contributed by atoms with Crippen molar-refractivity contribution in [1.29, 1.82) is 0 Å². The number of piperazine rings is 1. The van der Waals surface area contributed by atoms with Gasteiger partial charge >= 0.3 is 0 Å². The highest BCUT2D eigenvalue weighted by Gasteiger charge is 2.30. The molecule has 0 N–H and O–H groups in total. The van der Waals surface area contributed by atoms with Gasteiger partial charge in [0.1, 0.15) is 4.21 Å². The van der Waals surface area contributed by atoms with Crippen LogP contribution in [0.5, 0.6) is 0 Å². The quantitative estimate of drug-likeness (QED) is 0.550. The maximum atomic E-state index is 12.5. The molecule has 10 heteroatoms. The number of carbonyl (C=O) groups is 1. The van der Waals surface area contributed by atoms with E-state index in [1.807, 2.05) is 19.9 Å². The lowest BCUT2D eigenvalue weighted by molar-refractivity contribution is -0.129. The van der Waals surface area contributed by atoms with Crippen LogP contribution in [0.1, 0.15) is 11.4 Å². The summed E-state index contributed by atoms with van der Waals surface area (Å²) in [5, 5.41) is 2.34. The topological polar surface area (TPSA) is 83.5 Å². The van der Waals surface area contributed by atoms with Crippen molar-refractivity contribution in [2.45, 2.75) is 23.2 Å². The zero-order chi connectivity index (χ0) is 18.7. The number of hydrogen-bond donors (Lipinski definition) is 0. The average molecular weight is 413 g/mol. The summed E-state index contributed by atoms with van der Waals surface area (Å²) in [7, 11) is -3.44. The number of thiophene rings is 1. The predicted octanol–water partition coefficient (Wildman–Crippen LogP) is 1.78. The number of aromatic nitrogens is 2.